The van der Waals surface area contributed by atoms with E-state index in [2.05, 4.69) is 15.4 Å². The number of aromatic amines is 1. The van der Waals surface area contributed by atoms with Crippen LogP contribution in [0.15, 0.2) is 48.7 Å². The Bertz CT molecular complexity index is 1240. The molecule has 1 amide bonds. The number of hydrogen-bond donors (Lipinski definition) is 2. The van der Waals surface area contributed by atoms with Gasteiger partial charge in [-0.1, -0.05) is 18.2 Å². The zero-order valence-electron chi connectivity index (χ0n) is 17.0. The van der Waals surface area contributed by atoms with Gasteiger partial charge in [0, 0.05) is 22.3 Å². The lowest BCUT2D eigenvalue weighted by atomic mass is 10.1. The summed E-state index contributed by atoms with van der Waals surface area (Å²) in [6, 6.07) is 10.7. The Kier molecular flexibility index (Phi) is 5.11. The molecule has 0 saturated heterocycles. The van der Waals surface area contributed by atoms with E-state index in [9.17, 15) is 13.6 Å². The van der Waals surface area contributed by atoms with E-state index in [0.717, 1.165) is 22.5 Å². The lowest BCUT2D eigenvalue weighted by Gasteiger charge is -2.14. The van der Waals surface area contributed by atoms with Crippen molar-refractivity contribution in [3.63, 3.8) is 0 Å². The van der Waals surface area contributed by atoms with Gasteiger partial charge in [-0.15, -0.1) is 0 Å². The van der Waals surface area contributed by atoms with Gasteiger partial charge in [0.15, 0.2) is 0 Å². The van der Waals surface area contributed by atoms with E-state index < -0.39 is 0 Å². The first-order valence-corrected chi connectivity index (χ1v) is 9.70. The first-order valence-electron chi connectivity index (χ1n) is 9.70. The maximum atomic E-state index is 14.0. The maximum absolute atomic E-state index is 14.0. The summed E-state index contributed by atoms with van der Waals surface area (Å²) in [6.45, 7) is 5.58. The van der Waals surface area contributed by atoms with Crippen molar-refractivity contribution in [1.29, 1.82) is 0 Å². The molecule has 0 fully saturated rings. The average Bonchev–Trinajstić information content (AvgIpc) is 3.23. The fourth-order valence-corrected chi connectivity index (χ4v) is 3.84. The minimum atomic E-state index is -0.337. The predicted octanol–water partition coefficient (Wildman–Crippen LogP) is 4.67. The number of hydrogen-bond acceptors (Lipinski definition) is 2. The van der Waals surface area contributed by atoms with Crippen LogP contribution in [0.2, 0.25) is 0 Å². The molecule has 2 heterocycles. The van der Waals surface area contributed by atoms with Crippen LogP contribution in [0.4, 0.5) is 8.78 Å². The summed E-state index contributed by atoms with van der Waals surface area (Å²) in [5.74, 6) is -0.847. The van der Waals surface area contributed by atoms with Crippen LogP contribution in [0, 0.1) is 25.5 Å². The Morgan fingerprint density at radius 2 is 1.97 bits per heavy atom. The Morgan fingerprint density at radius 3 is 2.73 bits per heavy atom. The van der Waals surface area contributed by atoms with Gasteiger partial charge >= 0.3 is 0 Å². The number of carbonyl (C=O) groups is 1. The lowest BCUT2D eigenvalue weighted by Crippen LogP contribution is -2.28. The number of fused-ring (bicyclic) bond motifs is 1. The Hall–Kier alpha value is -3.48. The van der Waals surface area contributed by atoms with Gasteiger partial charge in [0.25, 0.3) is 0 Å². The summed E-state index contributed by atoms with van der Waals surface area (Å²) in [4.78, 5) is 15.7. The summed E-state index contributed by atoms with van der Waals surface area (Å²) in [5.41, 5.74) is 4.24. The van der Waals surface area contributed by atoms with Crippen LogP contribution < -0.4 is 5.32 Å². The average molecular weight is 408 g/mol. The van der Waals surface area contributed by atoms with Crippen LogP contribution >= 0.6 is 0 Å². The van der Waals surface area contributed by atoms with Crippen molar-refractivity contribution in [3.8, 4) is 5.69 Å². The van der Waals surface area contributed by atoms with Gasteiger partial charge < -0.3 is 10.3 Å². The third-order valence-electron chi connectivity index (χ3n) is 5.39. The van der Waals surface area contributed by atoms with Crippen LogP contribution in [0.3, 0.4) is 0 Å². The highest BCUT2D eigenvalue weighted by Crippen LogP contribution is 2.25. The van der Waals surface area contributed by atoms with Crippen LogP contribution in [0.25, 0.3) is 16.6 Å². The van der Waals surface area contributed by atoms with Gasteiger partial charge in [-0.25, -0.2) is 13.5 Å². The predicted molar refractivity (Wildman–Crippen MR) is 112 cm³/mol. The fraction of sp³-hybridized carbons (Fsp3) is 0.217. The Morgan fingerprint density at radius 1 is 1.20 bits per heavy atom. The molecule has 1 atom stereocenters. The molecule has 154 valence electrons. The van der Waals surface area contributed by atoms with E-state index in [1.807, 2.05) is 20.8 Å². The van der Waals surface area contributed by atoms with Crippen LogP contribution in [0.5, 0.6) is 0 Å². The van der Waals surface area contributed by atoms with Crippen molar-refractivity contribution < 1.29 is 13.6 Å². The molecule has 7 heteroatoms. The standard InChI is InChI=1S/C23H22F2N4O/c1-13-19(18-8-5-9-21(25)23(18)28-13)11-22(30)27-14(2)20-12-26-29(15(20)3)17-7-4-6-16(24)10-17/h4-10,12,14,28H,11H2,1-3H3,(H,27,30). The highest BCUT2D eigenvalue weighted by atomic mass is 19.1. The monoisotopic (exact) mass is 408 g/mol. The summed E-state index contributed by atoms with van der Waals surface area (Å²) < 4.78 is 29.2. The van der Waals surface area contributed by atoms with Crippen LogP contribution in [-0.4, -0.2) is 20.7 Å². The molecule has 2 aromatic heterocycles. The number of benzene rings is 2. The number of halogens is 2. The molecule has 0 bridgehead atoms. The number of rotatable bonds is 5. The molecular weight excluding hydrogens is 386 g/mol. The van der Waals surface area contributed by atoms with Crippen molar-refractivity contribution in [3.05, 3.63) is 82.8 Å². The maximum Gasteiger partial charge on any atom is 0.224 e. The molecule has 0 radical (unpaired) electrons. The van der Waals surface area contributed by atoms with E-state index in [1.165, 1.54) is 18.2 Å². The van der Waals surface area contributed by atoms with E-state index in [0.29, 0.717) is 16.6 Å². The number of aromatic nitrogens is 3. The third-order valence-corrected chi connectivity index (χ3v) is 5.39. The molecule has 1 unspecified atom stereocenters. The van der Waals surface area contributed by atoms with Gasteiger partial charge in [0.2, 0.25) is 5.91 Å². The topological polar surface area (TPSA) is 62.7 Å². The normalized spacial score (nSPS) is 12.3. The number of nitrogens with zero attached hydrogens (tertiary/aromatic N) is 2. The van der Waals surface area contributed by atoms with Crippen LogP contribution in [0.1, 0.15) is 35.5 Å². The second-order valence-corrected chi connectivity index (χ2v) is 7.43. The lowest BCUT2D eigenvalue weighted by molar-refractivity contribution is -0.121. The summed E-state index contributed by atoms with van der Waals surface area (Å²) in [5, 5.41) is 8.05. The van der Waals surface area contributed by atoms with Crippen molar-refractivity contribution in [2.75, 3.05) is 0 Å². The molecule has 0 aliphatic rings. The molecule has 5 nitrogen and oxygen atoms in total. The van der Waals surface area contributed by atoms with Crippen molar-refractivity contribution in [1.82, 2.24) is 20.1 Å². The van der Waals surface area contributed by atoms with Crippen molar-refractivity contribution >= 4 is 16.8 Å². The Labute approximate surface area is 172 Å². The second kappa shape index (κ2) is 7.74. The Balaban J connectivity index is 1.52. The van der Waals surface area contributed by atoms with Gasteiger partial charge in [-0.05, 0) is 50.6 Å². The number of amides is 1. The van der Waals surface area contributed by atoms with Crippen molar-refractivity contribution in [2.45, 2.75) is 33.2 Å². The second-order valence-electron chi connectivity index (χ2n) is 7.43. The van der Waals surface area contributed by atoms with E-state index in [4.69, 9.17) is 0 Å². The molecule has 30 heavy (non-hydrogen) atoms. The van der Waals surface area contributed by atoms with Crippen LogP contribution in [-0.2, 0) is 11.2 Å². The van der Waals surface area contributed by atoms with Gasteiger partial charge in [-0.2, -0.15) is 5.10 Å². The number of H-pyrrole nitrogens is 1. The van der Waals surface area contributed by atoms with E-state index in [-0.39, 0.29) is 30.0 Å². The third kappa shape index (κ3) is 3.58. The number of para-hydroxylation sites is 1. The number of aryl methyl sites for hydroxylation is 1. The highest BCUT2D eigenvalue weighted by molar-refractivity contribution is 5.90. The molecule has 2 aromatic carbocycles. The first kappa shape index (κ1) is 19.8. The van der Waals surface area contributed by atoms with Gasteiger partial charge in [0.1, 0.15) is 11.6 Å². The zero-order valence-corrected chi connectivity index (χ0v) is 17.0. The van der Waals surface area contributed by atoms with Gasteiger partial charge in [-0.3, -0.25) is 4.79 Å². The molecular formula is C23H22F2N4O. The summed E-state index contributed by atoms with van der Waals surface area (Å²) in [6.07, 6.45) is 1.81. The largest absolute Gasteiger partial charge is 0.356 e. The summed E-state index contributed by atoms with van der Waals surface area (Å²) in [7, 11) is 0. The summed E-state index contributed by atoms with van der Waals surface area (Å²) >= 11 is 0. The molecule has 0 spiro atoms. The molecule has 4 rings (SSSR count). The first-order chi connectivity index (χ1) is 14.3. The molecule has 4 aromatic rings. The molecule has 0 aliphatic carbocycles. The smallest absolute Gasteiger partial charge is 0.224 e. The molecule has 2 N–H and O–H groups in total. The van der Waals surface area contributed by atoms with E-state index >= 15 is 0 Å². The quantitative estimate of drug-likeness (QED) is 0.504. The minimum absolute atomic E-state index is 0.136. The highest BCUT2D eigenvalue weighted by Gasteiger charge is 2.19. The minimum Gasteiger partial charge on any atom is -0.356 e. The SMILES string of the molecule is Cc1[nH]c2c(F)cccc2c1CC(=O)NC(C)c1cnn(-c2cccc(F)c2)c1C. The number of nitrogens with one attached hydrogen (secondary N) is 2. The van der Waals surface area contributed by atoms with Gasteiger partial charge in [0.05, 0.1) is 29.9 Å². The molecule has 0 aliphatic heterocycles. The number of carbonyl (C=O) groups excluding carboxylic acids is 1. The fourth-order valence-electron chi connectivity index (χ4n) is 3.84. The zero-order chi connectivity index (χ0) is 21.4. The van der Waals surface area contributed by atoms with E-state index in [1.54, 1.807) is 35.1 Å². The molecule has 0 saturated carbocycles. The van der Waals surface area contributed by atoms with Crippen molar-refractivity contribution in [2.24, 2.45) is 0 Å².